The molecule has 0 radical (unpaired) electrons. The van der Waals surface area contributed by atoms with Crippen molar-refractivity contribution in [2.75, 3.05) is 17.5 Å². The van der Waals surface area contributed by atoms with Crippen molar-refractivity contribution in [3.05, 3.63) is 76.9 Å². The zero-order chi connectivity index (χ0) is 26.6. The predicted molar refractivity (Wildman–Crippen MR) is 138 cm³/mol. The Morgan fingerprint density at radius 1 is 0.895 bits per heavy atom. The third kappa shape index (κ3) is 8.62. The summed E-state index contributed by atoms with van der Waals surface area (Å²) in [5, 5.41) is 23.2. The number of anilines is 2. The summed E-state index contributed by atoms with van der Waals surface area (Å²) in [4.78, 5) is 32.4. The summed E-state index contributed by atoms with van der Waals surface area (Å²) in [5.74, 6) is 0.252. The number of hydrogen-bond acceptors (Lipinski definition) is 10. The fraction of sp³-hybridized carbons (Fsp3) is 0.280. The second-order valence-electron chi connectivity index (χ2n) is 8.17. The van der Waals surface area contributed by atoms with Gasteiger partial charge in [0, 0.05) is 25.0 Å². The minimum Gasteiger partial charge on any atom is -0.463 e. The van der Waals surface area contributed by atoms with Gasteiger partial charge in [-0.15, -0.1) is 15.3 Å². The van der Waals surface area contributed by atoms with Crippen LogP contribution in [0.15, 0.2) is 55.0 Å². The molecular formula is C25H25FN8O3S. The highest BCUT2D eigenvalue weighted by Crippen LogP contribution is 2.18. The van der Waals surface area contributed by atoms with Gasteiger partial charge in [0.1, 0.15) is 10.8 Å². The van der Waals surface area contributed by atoms with Crippen molar-refractivity contribution in [3.8, 4) is 5.75 Å². The lowest BCUT2D eigenvalue weighted by molar-refractivity contribution is -0.116. The first-order valence-electron chi connectivity index (χ1n) is 11.8. The van der Waals surface area contributed by atoms with Crippen molar-refractivity contribution in [2.45, 2.75) is 38.5 Å². The monoisotopic (exact) mass is 536 g/mol. The number of nitrogens with one attached hydrogen (secondary N) is 2. The van der Waals surface area contributed by atoms with Gasteiger partial charge in [0.25, 0.3) is 0 Å². The number of aryl methyl sites for hydroxylation is 2. The zero-order valence-corrected chi connectivity index (χ0v) is 21.2. The molecule has 0 spiro atoms. The van der Waals surface area contributed by atoms with Crippen LogP contribution in [0.25, 0.3) is 0 Å². The third-order valence-corrected chi connectivity index (χ3v) is 6.12. The van der Waals surface area contributed by atoms with Crippen LogP contribution in [0.5, 0.6) is 5.75 Å². The number of aromatic nitrogens is 6. The maximum atomic E-state index is 12.3. The molecule has 0 saturated heterocycles. The summed E-state index contributed by atoms with van der Waals surface area (Å²) >= 11 is 1.35. The van der Waals surface area contributed by atoms with Crippen molar-refractivity contribution >= 4 is 34.1 Å². The lowest BCUT2D eigenvalue weighted by Crippen LogP contribution is -2.16. The molecule has 3 aromatic heterocycles. The van der Waals surface area contributed by atoms with E-state index in [4.69, 9.17) is 4.74 Å². The fourth-order valence-electron chi connectivity index (χ4n) is 3.48. The van der Waals surface area contributed by atoms with Crippen molar-refractivity contribution in [2.24, 2.45) is 0 Å². The van der Waals surface area contributed by atoms with E-state index in [1.165, 1.54) is 11.3 Å². The average molecular weight is 537 g/mol. The van der Waals surface area contributed by atoms with E-state index >= 15 is 0 Å². The van der Waals surface area contributed by atoms with E-state index in [0.29, 0.717) is 28.0 Å². The molecule has 0 aliphatic carbocycles. The van der Waals surface area contributed by atoms with E-state index in [1.54, 1.807) is 48.9 Å². The largest absolute Gasteiger partial charge is 0.463 e. The molecule has 0 aliphatic rings. The van der Waals surface area contributed by atoms with Gasteiger partial charge in [0.15, 0.2) is 5.82 Å². The lowest BCUT2D eigenvalue weighted by atomic mass is 10.1. The molecule has 0 atom stereocenters. The number of amides is 2. The van der Waals surface area contributed by atoms with Gasteiger partial charge in [-0.25, -0.2) is 4.39 Å². The zero-order valence-electron chi connectivity index (χ0n) is 20.3. The van der Waals surface area contributed by atoms with Crippen molar-refractivity contribution in [1.82, 2.24) is 30.4 Å². The van der Waals surface area contributed by atoms with Gasteiger partial charge >= 0.3 is 0 Å². The number of hydrogen-bond donors (Lipinski definition) is 2. The molecule has 0 saturated carbocycles. The molecule has 196 valence electrons. The van der Waals surface area contributed by atoms with Gasteiger partial charge < -0.3 is 15.4 Å². The summed E-state index contributed by atoms with van der Waals surface area (Å²) in [6.45, 7) is -0.924. The van der Waals surface area contributed by atoms with Crippen LogP contribution in [0.2, 0.25) is 0 Å². The van der Waals surface area contributed by atoms with Gasteiger partial charge in [-0.05, 0) is 49.1 Å². The number of halogens is 1. The van der Waals surface area contributed by atoms with Crippen LogP contribution in [-0.2, 0) is 35.3 Å². The maximum Gasteiger partial charge on any atom is 0.232 e. The molecule has 0 bridgehead atoms. The Morgan fingerprint density at radius 3 is 2.55 bits per heavy atom. The fourth-order valence-corrected chi connectivity index (χ4v) is 4.28. The molecule has 1 aromatic carbocycles. The molecule has 0 unspecified atom stereocenters. The Morgan fingerprint density at radius 2 is 1.76 bits per heavy atom. The Hall–Kier alpha value is -4.39. The van der Waals surface area contributed by atoms with Gasteiger partial charge in [0.05, 0.1) is 24.2 Å². The number of ether oxygens (including phenoxy) is 1. The first-order chi connectivity index (χ1) is 18.6. The summed E-state index contributed by atoms with van der Waals surface area (Å²) < 4.78 is 17.1. The van der Waals surface area contributed by atoms with Crippen LogP contribution >= 0.6 is 11.3 Å². The highest BCUT2D eigenvalue weighted by Gasteiger charge is 2.10. The molecule has 0 aliphatic heterocycles. The van der Waals surface area contributed by atoms with Crippen molar-refractivity contribution < 1.29 is 18.7 Å². The summed E-state index contributed by atoms with van der Waals surface area (Å²) in [5.41, 5.74) is 2.10. The molecule has 4 aromatic rings. The number of rotatable bonds is 13. The number of carbonyl (C=O) groups excluding carboxylic acids is 2. The van der Waals surface area contributed by atoms with Crippen LogP contribution in [0, 0.1) is 0 Å². The summed E-state index contributed by atoms with van der Waals surface area (Å²) in [7, 11) is 0. The number of nitrogens with zero attached hydrogens (tertiary/aromatic N) is 6. The van der Waals surface area contributed by atoms with Gasteiger partial charge in [-0.2, -0.15) is 5.10 Å². The summed E-state index contributed by atoms with van der Waals surface area (Å²) in [6, 6.07) is 10.2. The smallest absolute Gasteiger partial charge is 0.232 e. The van der Waals surface area contributed by atoms with Crippen LogP contribution in [0.1, 0.15) is 34.8 Å². The molecule has 2 N–H and O–H groups in total. The highest BCUT2D eigenvalue weighted by molar-refractivity contribution is 7.15. The molecule has 3 heterocycles. The van der Waals surface area contributed by atoms with Crippen LogP contribution < -0.4 is 15.4 Å². The van der Waals surface area contributed by atoms with Crippen LogP contribution in [0.3, 0.4) is 0 Å². The molecule has 38 heavy (non-hydrogen) atoms. The molecule has 13 heteroatoms. The molecule has 4 rings (SSSR count). The standard InChI is InChI=1S/C25H25FN8O3S/c26-16-37-20-6-3-4-17(12-20)13-22(35)29-21-9-8-18(31-32-21)5-1-2-7-24-33-34-25(38-24)30-23(36)14-19-15-27-10-11-28-19/h3-4,6,8-12,15H,1-2,5,7,13-14,16H2,(H,29,32,35)(H,30,34,36). The summed E-state index contributed by atoms with van der Waals surface area (Å²) in [6.07, 6.45) is 8.06. The van der Waals surface area contributed by atoms with Crippen LogP contribution in [-0.4, -0.2) is 49.0 Å². The van der Waals surface area contributed by atoms with E-state index in [0.717, 1.165) is 36.4 Å². The second-order valence-corrected chi connectivity index (χ2v) is 9.23. The minimum absolute atomic E-state index is 0.103. The minimum atomic E-state index is -0.924. The SMILES string of the molecule is O=C(Cc1cccc(OCF)c1)Nc1ccc(CCCCc2nnc(NC(=O)Cc3cnccn3)s2)nn1. The molecule has 2 amide bonds. The number of alkyl halides is 1. The maximum absolute atomic E-state index is 12.3. The van der Waals surface area contributed by atoms with Crippen molar-refractivity contribution in [1.29, 1.82) is 0 Å². The first-order valence-corrected chi connectivity index (χ1v) is 12.7. The Bertz CT molecular complexity index is 1340. The number of unbranched alkanes of at least 4 members (excludes halogenated alkanes) is 1. The van der Waals surface area contributed by atoms with E-state index in [-0.39, 0.29) is 24.7 Å². The Labute approximate surface area is 221 Å². The lowest BCUT2D eigenvalue weighted by Gasteiger charge is -2.06. The van der Waals surface area contributed by atoms with E-state index in [1.807, 2.05) is 6.07 Å². The topological polar surface area (TPSA) is 145 Å². The van der Waals surface area contributed by atoms with Gasteiger partial charge in [-0.3, -0.25) is 19.6 Å². The Balaban J connectivity index is 1.15. The van der Waals surface area contributed by atoms with Crippen molar-refractivity contribution in [3.63, 3.8) is 0 Å². The molecular weight excluding hydrogens is 511 g/mol. The Kier molecular flexibility index (Phi) is 9.68. The number of benzene rings is 1. The van der Waals surface area contributed by atoms with Gasteiger partial charge in [0.2, 0.25) is 23.8 Å². The van der Waals surface area contributed by atoms with Crippen LogP contribution in [0.4, 0.5) is 15.3 Å². The quantitative estimate of drug-likeness (QED) is 0.246. The predicted octanol–water partition coefficient (Wildman–Crippen LogP) is 3.35. The number of carbonyl (C=O) groups is 2. The first kappa shape index (κ1) is 26.7. The van der Waals surface area contributed by atoms with E-state index < -0.39 is 6.86 Å². The normalized spacial score (nSPS) is 10.7. The third-order valence-electron chi connectivity index (χ3n) is 5.22. The van der Waals surface area contributed by atoms with Gasteiger partial charge in [-0.1, -0.05) is 23.5 Å². The second kappa shape index (κ2) is 13.8. The molecule has 0 fully saturated rings. The average Bonchev–Trinajstić information content (AvgIpc) is 3.35. The van der Waals surface area contributed by atoms with E-state index in [2.05, 4.69) is 41.0 Å². The van der Waals surface area contributed by atoms with E-state index in [9.17, 15) is 14.0 Å². The molecule has 11 nitrogen and oxygen atoms in total. The highest BCUT2D eigenvalue weighted by atomic mass is 32.1.